The molecule has 0 unspecified atom stereocenters. The van der Waals surface area contributed by atoms with E-state index in [-0.39, 0.29) is 17.2 Å². The maximum Gasteiger partial charge on any atom is 0.266 e. The van der Waals surface area contributed by atoms with Crippen LogP contribution in [-0.2, 0) is 4.79 Å². The molecule has 0 bridgehead atoms. The molecule has 3 aromatic carbocycles. The van der Waals surface area contributed by atoms with Gasteiger partial charge in [-0.25, -0.2) is 4.98 Å². The molecule has 1 N–H and O–H groups in total. The fourth-order valence-corrected chi connectivity index (χ4v) is 3.95. The number of carbonyl (C=O) groups is 1. The number of rotatable bonds is 7. The molecule has 1 amide bonds. The first-order valence-corrected chi connectivity index (χ1v) is 10.9. The summed E-state index contributed by atoms with van der Waals surface area (Å²) < 4.78 is 7.38. The predicted octanol–water partition coefficient (Wildman–Crippen LogP) is 4.41. The maximum atomic E-state index is 13.3. The molecule has 31 heavy (non-hydrogen) atoms. The van der Waals surface area contributed by atoms with E-state index in [0.717, 1.165) is 5.75 Å². The van der Waals surface area contributed by atoms with Gasteiger partial charge < -0.3 is 10.1 Å². The topological polar surface area (TPSA) is 73.2 Å². The van der Waals surface area contributed by atoms with E-state index in [4.69, 9.17) is 4.74 Å². The molecule has 0 aliphatic heterocycles. The Kier molecular flexibility index (Phi) is 6.33. The summed E-state index contributed by atoms with van der Waals surface area (Å²) in [6.45, 7) is 2.42. The van der Waals surface area contributed by atoms with E-state index in [2.05, 4.69) is 10.3 Å². The minimum absolute atomic E-state index is 0.104. The Morgan fingerprint density at radius 2 is 1.65 bits per heavy atom. The molecule has 0 fully saturated rings. The molecule has 6 nitrogen and oxygen atoms in total. The number of hydrogen-bond acceptors (Lipinski definition) is 5. The molecule has 1 aromatic heterocycles. The van der Waals surface area contributed by atoms with Crippen LogP contribution in [-0.4, -0.2) is 27.8 Å². The SMILES string of the molecule is CCNC(=O)CSc1nc2ccccc2c(=O)n1-c1ccc(Oc2ccccc2)cc1. The Labute approximate surface area is 183 Å². The summed E-state index contributed by atoms with van der Waals surface area (Å²) in [5, 5.41) is 3.75. The fraction of sp³-hybridized carbons (Fsp3) is 0.125. The molecule has 1 heterocycles. The number of fused-ring (bicyclic) bond motifs is 1. The van der Waals surface area contributed by atoms with Crippen LogP contribution in [0.1, 0.15) is 6.92 Å². The first-order chi connectivity index (χ1) is 15.2. The van der Waals surface area contributed by atoms with Crippen molar-refractivity contribution in [3.63, 3.8) is 0 Å². The van der Waals surface area contributed by atoms with Crippen LogP contribution in [0.2, 0.25) is 0 Å². The second-order valence-electron chi connectivity index (χ2n) is 6.70. The van der Waals surface area contributed by atoms with Gasteiger partial charge in [-0.05, 0) is 55.5 Å². The molecular weight excluding hydrogens is 410 g/mol. The Morgan fingerprint density at radius 1 is 0.968 bits per heavy atom. The van der Waals surface area contributed by atoms with Crippen molar-refractivity contribution in [2.45, 2.75) is 12.1 Å². The minimum atomic E-state index is -0.180. The van der Waals surface area contributed by atoms with E-state index in [1.165, 1.54) is 11.8 Å². The molecule has 156 valence electrons. The van der Waals surface area contributed by atoms with Crippen LogP contribution in [0.5, 0.6) is 11.5 Å². The van der Waals surface area contributed by atoms with Crippen molar-refractivity contribution in [3.8, 4) is 17.2 Å². The van der Waals surface area contributed by atoms with Gasteiger partial charge in [0, 0.05) is 6.54 Å². The molecule has 0 atom stereocenters. The summed E-state index contributed by atoms with van der Waals surface area (Å²) in [6, 6.07) is 23.9. The number of amides is 1. The first kappa shape index (κ1) is 20.7. The van der Waals surface area contributed by atoms with Gasteiger partial charge in [-0.1, -0.05) is 42.1 Å². The highest BCUT2D eigenvalue weighted by Crippen LogP contribution is 2.25. The summed E-state index contributed by atoms with van der Waals surface area (Å²) in [7, 11) is 0. The first-order valence-electron chi connectivity index (χ1n) is 9.90. The number of carbonyl (C=O) groups excluding carboxylic acids is 1. The fourth-order valence-electron chi connectivity index (χ4n) is 3.10. The third-order valence-corrected chi connectivity index (χ3v) is 5.46. The van der Waals surface area contributed by atoms with Gasteiger partial charge in [-0.2, -0.15) is 0 Å². The molecule has 4 rings (SSSR count). The van der Waals surface area contributed by atoms with Crippen molar-refractivity contribution in [2.75, 3.05) is 12.3 Å². The van der Waals surface area contributed by atoms with Crippen LogP contribution in [0.4, 0.5) is 0 Å². The third kappa shape index (κ3) is 4.78. The lowest BCUT2D eigenvalue weighted by Crippen LogP contribution is -2.26. The van der Waals surface area contributed by atoms with Gasteiger partial charge in [0.2, 0.25) is 5.91 Å². The molecule has 4 aromatic rings. The highest BCUT2D eigenvalue weighted by molar-refractivity contribution is 7.99. The Bertz CT molecular complexity index is 1250. The van der Waals surface area contributed by atoms with Gasteiger partial charge in [0.05, 0.1) is 22.3 Å². The summed E-state index contributed by atoms with van der Waals surface area (Å²) in [5.41, 5.74) is 1.08. The van der Waals surface area contributed by atoms with Crippen LogP contribution < -0.4 is 15.6 Å². The van der Waals surface area contributed by atoms with Gasteiger partial charge in [0.25, 0.3) is 5.56 Å². The molecule has 0 spiro atoms. The highest BCUT2D eigenvalue weighted by atomic mass is 32.2. The second kappa shape index (κ2) is 9.49. The van der Waals surface area contributed by atoms with Crippen molar-refractivity contribution in [1.29, 1.82) is 0 Å². The zero-order chi connectivity index (χ0) is 21.6. The molecule has 0 saturated carbocycles. The molecular formula is C24H21N3O3S. The average molecular weight is 432 g/mol. The van der Waals surface area contributed by atoms with E-state index < -0.39 is 0 Å². The van der Waals surface area contributed by atoms with E-state index in [1.807, 2.05) is 73.7 Å². The van der Waals surface area contributed by atoms with Crippen molar-refractivity contribution < 1.29 is 9.53 Å². The molecule has 0 aliphatic carbocycles. The zero-order valence-electron chi connectivity index (χ0n) is 16.9. The number of aromatic nitrogens is 2. The van der Waals surface area contributed by atoms with E-state index in [1.54, 1.807) is 16.7 Å². The molecule has 0 aliphatic rings. The van der Waals surface area contributed by atoms with Crippen LogP contribution in [0.15, 0.2) is 88.8 Å². The number of benzene rings is 3. The summed E-state index contributed by atoms with van der Waals surface area (Å²) in [5.74, 6) is 1.47. The van der Waals surface area contributed by atoms with Crippen LogP contribution >= 0.6 is 11.8 Å². The maximum absolute atomic E-state index is 13.3. The highest BCUT2D eigenvalue weighted by Gasteiger charge is 2.15. The van der Waals surface area contributed by atoms with Gasteiger partial charge in [0.15, 0.2) is 5.16 Å². The minimum Gasteiger partial charge on any atom is -0.457 e. The number of para-hydroxylation sites is 2. The lowest BCUT2D eigenvalue weighted by molar-refractivity contribution is -0.118. The Morgan fingerprint density at radius 3 is 2.39 bits per heavy atom. The lowest BCUT2D eigenvalue weighted by Gasteiger charge is -2.14. The smallest absolute Gasteiger partial charge is 0.266 e. The lowest BCUT2D eigenvalue weighted by atomic mass is 10.2. The summed E-state index contributed by atoms with van der Waals surface area (Å²) >= 11 is 1.23. The Hall–Kier alpha value is -3.58. The van der Waals surface area contributed by atoms with Gasteiger partial charge in [-0.15, -0.1) is 0 Å². The summed E-state index contributed by atoms with van der Waals surface area (Å²) in [4.78, 5) is 29.9. The van der Waals surface area contributed by atoms with Gasteiger partial charge >= 0.3 is 0 Å². The third-order valence-electron chi connectivity index (χ3n) is 4.53. The monoisotopic (exact) mass is 431 g/mol. The molecule has 7 heteroatoms. The van der Waals surface area contributed by atoms with Gasteiger partial charge in [-0.3, -0.25) is 14.2 Å². The van der Waals surface area contributed by atoms with E-state index in [0.29, 0.717) is 34.0 Å². The number of ether oxygens (including phenoxy) is 1. The number of hydrogen-bond donors (Lipinski definition) is 1. The van der Waals surface area contributed by atoms with E-state index >= 15 is 0 Å². The van der Waals surface area contributed by atoms with E-state index in [9.17, 15) is 9.59 Å². The average Bonchev–Trinajstić information content (AvgIpc) is 2.79. The standard InChI is InChI=1S/C24H21N3O3S/c1-2-25-22(28)16-31-24-26-21-11-7-6-10-20(21)23(29)27(24)17-12-14-19(15-13-17)30-18-8-4-3-5-9-18/h3-15H,2,16H2,1H3,(H,25,28). The normalized spacial score (nSPS) is 10.7. The van der Waals surface area contributed by atoms with Crippen molar-refractivity contribution in [1.82, 2.24) is 14.9 Å². The number of nitrogens with zero attached hydrogens (tertiary/aromatic N) is 2. The zero-order valence-corrected chi connectivity index (χ0v) is 17.8. The van der Waals surface area contributed by atoms with Gasteiger partial charge in [0.1, 0.15) is 11.5 Å². The molecule has 0 saturated heterocycles. The van der Waals surface area contributed by atoms with Crippen LogP contribution in [0, 0.1) is 0 Å². The largest absolute Gasteiger partial charge is 0.457 e. The van der Waals surface area contributed by atoms with Crippen molar-refractivity contribution >= 4 is 28.6 Å². The van der Waals surface area contributed by atoms with Crippen LogP contribution in [0.3, 0.4) is 0 Å². The van der Waals surface area contributed by atoms with Crippen molar-refractivity contribution in [3.05, 3.63) is 89.2 Å². The van der Waals surface area contributed by atoms with Crippen LogP contribution in [0.25, 0.3) is 16.6 Å². The second-order valence-corrected chi connectivity index (χ2v) is 7.65. The number of thioether (sulfide) groups is 1. The quantitative estimate of drug-likeness (QED) is 0.347. The summed E-state index contributed by atoms with van der Waals surface area (Å²) in [6.07, 6.45) is 0. The predicted molar refractivity (Wildman–Crippen MR) is 123 cm³/mol. The number of nitrogens with one attached hydrogen (secondary N) is 1. The van der Waals surface area contributed by atoms with Crippen molar-refractivity contribution in [2.24, 2.45) is 0 Å². The Balaban J connectivity index is 1.71. The molecule has 0 radical (unpaired) electrons.